The van der Waals surface area contributed by atoms with E-state index in [9.17, 15) is 0 Å². The van der Waals surface area contributed by atoms with Gasteiger partial charge >= 0.3 is 0 Å². The Morgan fingerprint density at radius 3 is 1.85 bits per heavy atom. The maximum Gasteiger partial charge on any atom is 0.0852 e. The number of benzene rings is 2. The lowest BCUT2D eigenvalue weighted by Gasteiger charge is -1.97. The van der Waals surface area contributed by atoms with E-state index in [-0.39, 0.29) is 0 Å². The highest BCUT2D eigenvalue weighted by atomic mass is 15.2. The van der Waals surface area contributed by atoms with Gasteiger partial charge in [-0.05, 0) is 25.0 Å². The Bertz CT molecular complexity index is 949. The van der Waals surface area contributed by atoms with Crippen molar-refractivity contribution in [2.24, 2.45) is 25.4 Å². The minimum absolute atomic E-state index is 0.723. The Labute approximate surface area is 159 Å². The van der Waals surface area contributed by atoms with Crippen LogP contribution in [0.25, 0.3) is 0 Å². The van der Waals surface area contributed by atoms with Crippen LogP contribution in [0.5, 0.6) is 0 Å². The van der Waals surface area contributed by atoms with Gasteiger partial charge in [0, 0.05) is 6.42 Å². The Hall–Kier alpha value is -3.47. The molecule has 3 rings (SSSR count). The van der Waals surface area contributed by atoms with Gasteiger partial charge < -0.3 is 0 Å². The lowest BCUT2D eigenvalue weighted by atomic mass is 10.2. The largest absolute Gasteiger partial charge is 0.250 e. The fraction of sp³-hybridized carbons (Fsp3) is 0.136. The molecule has 0 unspecified atom stereocenters. The average molecular weight is 355 g/mol. The quantitative estimate of drug-likeness (QED) is 0.532. The fourth-order valence-corrected chi connectivity index (χ4v) is 2.44. The molecular weight excluding hydrogens is 334 g/mol. The predicted molar refractivity (Wildman–Crippen MR) is 114 cm³/mol. The number of allylic oxidation sites excluding steroid dienone is 2. The second kappa shape index (κ2) is 9.29. The zero-order chi connectivity index (χ0) is 18.9. The van der Waals surface area contributed by atoms with Gasteiger partial charge in [-0.2, -0.15) is 20.4 Å². The highest BCUT2D eigenvalue weighted by molar-refractivity contribution is 6.43. The van der Waals surface area contributed by atoms with Gasteiger partial charge in [0.25, 0.3) is 0 Å². The molecule has 0 spiro atoms. The molecule has 0 bridgehead atoms. The molecule has 0 fully saturated rings. The van der Waals surface area contributed by atoms with E-state index < -0.39 is 0 Å². The lowest BCUT2D eigenvalue weighted by Crippen LogP contribution is -2.06. The van der Waals surface area contributed by atoms with Crippen molar-refractivity contribution < 1.29 is 0 Å². The second-order valence-corrected chi connectivity index (χ2v) is 6.03. The molecule has 1 aliphatic heterocycles. The summed E-state index contributed by atoms with van der Waals surface area (Å²) in [6, 6.07) is 19.7. The zero-order valence-electron chi connectivity index (χ0n) is 15.4. The normalized spacial score (nSPS) is 15.5. The van der Waals surface area contributed by atoms with Crippen LogP contribution < -0.4 is 0 Å². The average Bonchev–Trinajstić information content (AvgIpc) is 3.20. The first-order valence-electron chi connectivity index (χ1n) is 8.76. The SMILES string of the molecule is C/C(=N\N=C/c1ccccc1)C1=CCC(/C(C)=N/N=C\c2ccccc2)=N1. The third-order valence-corrected chi connectivity index (χ3v) is 3.96. The third-order valence-electron chi connectivity index (χ3n) is 3.96. The van der Waals surface area contributed by atoms with Crippen molar-refractivity contribution in [3.05, 3.63) is 83.6 Å². The van der Waals surface area contributed by atoms with Gasteiger partial charge in [0.1, 0.15) is 0 Å². The summed E-state index contributed by atoms with van der Waals surface area (Å²) in [7, 11) is 0. The molecule has 0 amide bonds. The summed E-state index contributed by atoms with van der Waals surface area (Å²) < 4.78 is 0. The molecule has 134 valence electrons. The highest BCUT2D eigenvalue weighted by Gasteiger charge is 2.13. The molecule has 0 saturated heterocycles. The summed E-state index contributed by atoms with van der Waals surface area (Å²) in [5.74, 6) is 0. The molecule has 5 nitrogen and oxygen atoms in total. The van der Waals surface area contributed by atoms with Crippen LogP contribution in [-0.4, -0.2) is 29.6 Å². The van der Waals surface area contributed by atoms with E-state index in [4.69, 9.17) is 0 Å². The number of aliphatic imine (C=N–C) groups is 1. The van der Waals surface area contributed by atoms with Gasteiger partial charge in [0.15, 0.2) is 0 Å². The Kier molecular flexibility index (Phi) is 6.30. The molecule has 27 heavy (non-hydrogen) atoms. The molecule has 2 aromatic rings. The molecular formula is C22H21N5. The molecule has 0 atom stereocenters. The van der Waals surface area contributed by atoms with E-state index >= 15 is 0 Å². The summed E-state index contributed by atoms with van der Waals surface area (Å²) in [4.78, 5) is 4.61. The molecule has 0 N–H and O–H groups in total. The predicted octanol–water partition coefficient (Wildman–Crippen LogP) is 4.71. The smallest absolute Gasteiger partial charge is 0.0852 e. The topological polar surface area (TPSA) is 61.8 Å². The van der Waals surface area contributed by atoms with Crippen LogP contribution in [0.1, 0.15) is 31.4 Å². The van der Waals surface area contributed by atoms with E-state index in [2.05, 4.69) is 25.4 Å². The van der Waals surface area contributed by atoms with Gasteiger partial charge in [-0.15, -0.1) is 0 Å². The van der Waals surface area contributed by atoms with Crippen LogP contribution in [0.4, 0.5) is 0 Å². The van der Waals surface area contributed by atoms with Crippen molar-refractivity contribution in [1.29, 1.82) is 0 Å². The molecule has 1 heterocycles. The molecule has 5 heteroatoms. The van der Waals surface area contributed by atoms with Crippen LogP contribution in [-0.2, 0) is 0 Å². The fourth-order valence-electron chi connectivity index (χ4n) is 2.44. The van der Waals surface area contributed by atoms with Crippen LogP contribution >= 0.6 is 0 Å². The van der Waals surface area contributed by atoms with Crippen LogP contribution in [0, 0.1) is 0 Å². The first-order valence-corrected chi connectivity index (χ1v) is 8.76. The van der Waals surface area contributed by atoms with Crippen molar-refractivity contribution in [3.8, 4) is 0 Å². The lowest BCUT2D eigenvalue weighted by molar-refractivity contribution is 1.23. The van der Waals surface area contributed by atoms with Crippen molar-refractivity contribution in [2.45, 2.75) is 20.3 Å². The monoisotopic (exact) mass is 355 g/mol. The summed E-state index contributed by atoms with van der Waals surface area (Å²) in [5.41, 5.74) is 5.33. The molecule has 2 aromatic carbocycles. The Morgan fingerprint density at radius 2 is 1.30 bits per heavy atom. The van der Waals surface area contributed by atoms with Gasteiger partial charge in [0.2, 0.25) is 0 Å². The summed E-state index contributed by atoms with van der Waals surface area (Å²) in [6.07, 6.45) is 6.22. The van der Waals surface area contributed by atoms with Crippen molar-refractivity contribution in [3.63, 3.8) is 0 Å². The molecule has 0 radical (unpaired) electrons. The molecule has 0 saturated carbocycles. The number of rotatable bonds is 6. The second-order valence-electron chi connectivity index (χ2n) is 6.03. The van der Waals surface area contributed by atoms with Gasteiger partial charge in [0.05, 0.1) is 35.3 Å². The molecule has 0 aliphatic carbocycles. The summed E-state index contributed by atoms with van der Waals surface area (Å²) in [5, 5.41) is 16.8. The number of nitrogens with zero attached hydrogens (tertiary/aromatic N) is 5. The van der Waals surface area contributed by atoms with Crippen LogP contribution in [0.3, 0.4) is 0 Å². The van der Waals surface area contributed by atoms with E-state index in [1.807, 2.05) is 80.6 Å². The van der Waals surface area contributed by atoms with E-state index in [0.29, 0.717) is 0 Å². The Morgan fingerprint density at radius 1 is 0.778 bits per heavy atom. The van der Waals surface area contributed by atoms with Gasteiger partial charge in [-0.25, -0.2) is 4.99 Å². The first-order chi connectivity index (χ1) is 13.2. The van der Waals surface area contributed by atoms with Crippen molar-refractivity contribution in [2.75, 3.05) is 0 Å². The third kappa shape index (κ3) is 5.51. The zero-order valence-corrected chi connectivity index (χ0v) is 15.4. The van der Waals surface area contributed by atoms with Gasteiger partial charge in [-0.1, -0.05) is 66.7 Å². The minimum Gasteiger partial charge on any atom is -0.250 e. The molecule has 0 aromatic heterocycles. The summed E-state index contributed by atoms with van der Waals surface area (Å²) in [6.45, 7) is 3.82. The maximum atomic E-state index is 4.61. The van der Waals surface area contributed by atoms with E-state index in [1.54, 1.807) is 12.4 Å². The van der Waals surface area contributed by atoms with Crippen LogP contribution in [0.2, 0.25) is 0 Å². The van der Waals surface area contributed by atoms with Crippen molar-refractivity contribution in [1.82, 2.24) is 0 Å². The van der Waals surface area contributed by atoms with E-state index in [0.717, 1.165) is 40.4 Å². The standard InChI is InChI=1S/C22H21N5/c1-17(26-23-15-19-9-5-3-6-10-19)21-13-14-22(25-21)18(2)27-24-16-20-11-7-4-8-12-20/h3-13,15-16H,14H2,1-2H3/b23-15-,24-16-,26-17+,27-18+. The highest BCUT2D eigenvalue weighted by Crippen LogP contribution is 2.14. The minimum atomic E-state index is 0.723. The number of hydrogen-bond donors (Lipinski definition) is 0. The number of hydrogen-bond acceptors (Lipinski definition) is 5. The maximum absolute atomic E-state index is 4.61. The Balaban J connectivity index is 1.62. The summed E-state index contributed by atoms with van der Waals surface area (Å²) >= 11 is 0. The van der Waals surface area contributed by atoms with Gasteiger partial charge in [-0.3, -0.25) is 0 Å². The van der Waals surface area contributed by atoms with Crippen molar-refractivity contribution >= 4 is 29.6 Å². The molecule has 1 aliphatic rings. The van der Waals surface area contributed by atoms with Crippen LogP contribution in [0.15, 0.2) is 97.8 Å². The van der Waals surface area contributed by atoms with E-state index in [1.165, 1.54) is 0 Å². The first kappa shape index (κ1) is 18.3.